The van der Waals surface area contributed by atoms with E-state index in [1.165, 1.54) is 22.9 Å². The first-order valence-electron chi connectivity index (χ1n) is 9.36. The van der Waals surface area contributed by atoms with Crippen LogP contribution in [0, 0.1) is 6.92 Å². The molecule has 30 heavy (non-hydrogen) atoms. The van der Waals surface area contributed by atoms with Crippen LogP contribution in [0.25, 0.3) is 15.8 Å². The molecule has 4 rings (SSSR count). The largest absolute Gasteiger partial charge is 0.416 e. The van der Waals surface area contributed by atoms with Gasteiger partial charge in [-0.3, -0.25) is 0 Å². The molecule has 0 amide bonds. The van der Waals surface area contributed by atoms with Crippen molar-refractivity contribution in [1.82, 2.24) is 15.3 Å². The lowest BCUT2D eigenvalue weighted by Gasteiger charge is -2.12. The van der Waals surface area contributed by atoms with Gasteiger partial charge in [0.2, 0.25) is 0 Å². The number of fused-ring (bicyclic) bond motifs is 1. The van der Waals surface area contributed by atoms with Crippen molar-refractivity contribution in [2.24, 2.45) is 0 Å². The SMILES string of the molecule is CCl.Cc1nc(NCc2cccc(C(F)(F)F)c2)c2sc(C3=CCNCC3)cc2n1. The molecule has 1 aliphatic heterocycles. The van der Waals surface area contributed by atoms with Crippen LogP contribution in [-0.2, 0) is 12.7 Å². The van der Waals surface area contributed by atoms with Gasteiger partial charge in [-0.2, -0.15) is 13.2 Å². The summed E-state index contributed by atoms with van der Waals surface area (Å²) in [4.78, 5) is 10.2. The Kier molecular flexibility index (Phi) is 7.33. The molecule has 2 N–H and O–H groups in total. The highest BCUT2D eigenvalue weighted by molar-refractivity contribution is 7.20. The molecule has 3 aromatic rings. The number of thiophene rings is 1. The fraction of sp³-hybridized carbons (Fsp3) is 0.333. The monoisotopic (exact) mass is 454 g/mol. The van der Waals surface area contributed by atoms with Crippen LogP contribution in [0.15, 0.2) is 36.4 Å². The van der Waals surface area contributed by atoms with Gasteiger partial charge in [-0.05, 0) is 49.2 Å². The summed E-state index contributed by atoms with van der Waals surface area (Å²) in [5, 5.41) is 6.50. The van der Waals surface area contributed by atoms with E-state index >= 15 is 0 Å². The van der Waals surface area contributed by atoms with Crippen LogP contribution in [-0.4, -0.2) is 29.4 Å². The molecule has 1 aromatic carbocycles. The summed E-state index contributed by atoms with van der Waals surface area (Å²) >= 11 is 6.26. The van der Waals surface area contributed by atoms with Gasteiger partial charge in [0.15, 0.2) is 0 Å². The molecule has 0 radical (unpaired) electrons. The fourth-order valence-electron chi connectivity index (χ4n) is 3.21. The number of halogens is 4. The third-order valence-electron chi connectivity index (χ3n) is 4.58. The van der Waals surface area contributed by atoms with E-state index in [9.17, 15) is 13.2 Å². The lowest BCUT2D eigenvalue weighted by atomic mass is 10.1. The molecule has 0 atom stereocenters. The van der Waals surface area contributed by atoms with Gasteiger partial charge in [0.25, 0.3) is 0 Å². The third-order valence-corrected chi connectivity index (χ3v) is 5.78. The minimum atomic E-state index is -4.35. The molecule has 4 nitrogen and oxygen atoms in total. The number of rotatable bonds is 4. The first kappa shape index (κ1) is 22.5. The summed E-state index contributed by atoms with van der Waals surface area (Å²) in [7, 11) is 0. The number of aromatic nitrogens is 2. The molecule has 0 fully saturated rings. The highest BCUT2D eigenvalue weighted by atomic mass is 35.5. The molecule has 3 heterocycles. The van der Waals surface area contributed by atoms with Crippen molar-refractivity contribution in [2.75, 3.05) is 24.8 Å². The quantitative estimate of drug-likeness (QED) is 0.484. The predicted molar refractivity (Wildman–Crippen MR) is 118 cm³/mol. The van der Waals surface area contributed by atoms with Gasteiger partial charge in [-0.15, -0.1) is 22.9 Å². The van der Waals surface area contributed by atoms with Crippen molar-refractivity contribution in [3.8, 4) is 0 Å². The van der Waals surface area contributed by atoms with Crippen LogP contribution in [0.3, 0.4) is 0 Å². The maximum Gasteiger partial charge on any atom is 0.416 e. The van der Waals surface area contributed by atoms with E-state index in [-0.39, 0.29) is 6.54 Å². The zero-order valence-electron chi connectivity index (χ0n) is 16.6. The number of benzene rings is 1. The number of hydrogen-bond donors (Lipinski definition) is 2. The van der Waals surface area contributed by atoms with Crippen molar-refractivity contribution in [2.45, 2.75) is 26.1 Å². The third kappa shape index (κ3) is 5.30. The number of hydrogen-bond acceptors (Lipinski definition) is 5. The van der Waals surface area contributed by atoms with Crippen molar-refractivity contribution >= 4 is 44.5 Å². The van der Waals surface area contributed by atoms with E-state index in [2.05, 4.69) is 44.3 Å². The average Bonchev–Trinajstić information content (AvgIpc) is 3.18. The van der Waals surface area contributed by atoms with Gasteiger partial charge in [0.1, 0.15) is 11.6 Å². The molecule has 0 bridgehead atoms. The van der Waals surface area contributed by atoms with Crippen LogP contribution in [0.5, 0.6) is 0 Å². The molecule has 0 aliphatic carbocycles. The van der Waals surface area contributed by atoms with Crippen LogP contribution < -0.4 is 10.6 Å². The number of anilines is 1. The second-order valence-electron chi connectivity index (χ2n) is 6.68. The van der Waals surface area contributed by atoms with Crippen LogP contribution in [0.4, 0.5) is 19.0 Å². The van der Waals surface area contributed by atoms with E-state index in [0.717, 1.165) is 41.9 Å². The van der Waals surface area contributed by atoms with Crippen molar-refractivity contribution < 1.29 is 13.2 Å². The number of nitrogens with one attached hydrogen (secondary N) is 2. The lowest BCUT2D eigenvalue weighted by Crippen LogP contribution is -2.19. The zero-order chi connectivity index (χ0) is 21.7. The summed E-state index contributed by atoms with van der Waals surface area (Å²) in [6, 6.07) is 7.41. The lowest BCUT2D eigenvalue weighted by molar-refractivity contribution is -0.137. The molecule has 0 spiro atoms. The van der Waals surface area contributed by atoms with Gasteiger partial charge in [0.05, 0.1) is 15.8 Å². The smallest absolute Gasteiger partial charge is 0.365 e. The predicted octanol–water partition coefficient (Wildman–Crippen LogP) is 5.86. The minimum absolute atomic E-state index is 0.259. The van der Waals surface area contributed by atoms with Gasteiger partial charge in [-0.1, -0.05) is 18.2 Å². The molecule has 9 heteroatoms. The zero-order valence-corrected chi connectivity index (χ0v) is 18.2. The molecular weight excluding hydrogens is 433 g/mol. The van der Waals surface area contributed by atoms with Crippen LogP contribution >= 0.6 is 22.9 Å². The number of aryl methyl sites for hydroxylation is 1. The van der Waals surface area contributed by atoms with E-state index in [1.54, 1.807) is 17.4 Å². The van der Waals surface area contributed by atoms with E-state index in [1.807, 2.05) is 6.92 Å². The maximum absolute atomic E-state index is 12.9. The second kappa shape index (κ2) is 9.76. The number of alkyl halides is 4. The summed E-state index contributed by atoms with van der Waals surface area (Å²) in [6.07, 6.45) is 0.274. The number of nitrogens with zero attached hydrogens (tertiary/aromatic N) is 2. The molecule has 160 valence electrons. The molecule has 0 saturated carbocycles. The Balaban J connectivity index is 0.00000124. The van der Waals surface area contributed by atoms with Gasteiger partial charge in [0, 0.05) is 24.3 Å². The second-order valence-corrected chi connectivity index (χ2v) is 7.73. The Bertz CT molecular complexity index is 1050. The fourth-order valence-corrected chi connectivity index (χ4v) is 4.34. The summed E-state index contributed by atoms with van der Waals surface area (Å²) in [6.45, 7) is 3.88. The normalized spacial score (nSPS) is 14.1. The average molecular weight is 455 g/mol. The van der Waals surface area contributed by atoms with E-state index in [4.69, 9.17) is 0 Å². The van der Waals surface area contributed by atoms with Crippen LogP contribution in [0.2, 0.25) is 0 Å². The van der Waals surface area contributed by atoms with Gasteiger partial charge >= 0.3 is 6.18 Å². The summed E-state index contributed by atoms with van der Waals surface area (Å²) in [5.74, 6) is 1.29. The first-order chi connectivity index (χ1) is 14.4. The Morgan fingerprint density at radius 2 is 2.00 bits per heavy atom. The highest BCUT2D eigenvalue weighted by Gasteiger charge is 2.30. The van der Waals surface area contributed by atoms with Crippen molar-refractivity contribution in [3.05, 3.63) is 58.2 Å². The minimum Gasteiger partial charge on any atom is -0.365 e. The Morgan fingerprint density at radius 1 is 1.20 bits per heavy atom. The summed E-state index contributed by atoms with van der Waals surface area (Å²) in [5.41, 5.74) is 2.06. The highest BCUT2D eigenvalue weighted by Crippen LogP contribution is 2.35. The Hall–Kier alpha value is -2.16. The first-order valence-corrected chi connectivity index (χ1v) is 10.9. The van der Waals surface area contributed by atoms with E-state index in [0.29, 0.717) is 17.2 Å². The van der Waals surface area contributed by atoms with Crippen molar-refractivity contribution in [1.29, 1.82) is 0 Å². The Labute approximate surface area is 182 Å². The molecule has 2 aromatic heterocycles. The van der Waals surface area contributed by atoms with Crippen LogP contribution in [0.1, 0.15) is 28.2 Å². The van der Waals surface area contributed by atoms with Crippen molar-refractivity contribution in [3.63, 3.8) is 0 Å². The maximum atomic E-state index is 12.9. The standard InChI is InChI=1S/C20H19F3N4S.CH3Cl/c1-12-26-16-10-17(14-5-7-24-8-6-14)28-18(16)19(27-12)25-11-13-3-2-4-15(9-13)20(21,22)23;1-2/h2-5,9-10,24H,6-8,11H2,1H3,(H,25,26,27);1H3. The topological polar surface area (TPSA) is 49.8 Å². The van der Waals surface area contributed by atoms with Gasteiger partial charge in [-0.25, -0.2) is 9.97 Å². The Morgan fingerprint density at radius 3 is 2.70 bits per heavy atom. The molecule has 1 aliphatic rings. The van der Waals surface area contributed by atoms with E-state index < -0.39 is 11.7 Å². The molecule has 0 unspecified atom stereocenters. The molecular formula is C21H22ClF3N4S. The van der Waals surface area contributed by atoms with Gasteiger partial charge < -0.3 is 10.6 Å². The summed E-state index contributed by atoms with van der Waals surface area (Å²) < 4.78 is 39.7. The molecule has 0 saturated heterocycles.